The molecule has 2 rings (SSSR count). The van der Waals surface area contributed by atoms with E-state index in [-0.39, 0.29) is 11.3 Å². The van der Waals surface area contributed by atoms with E-state index in [0.29, 0.717) is 0 Å². The summed E-state index contributed by atoms with van der Waals surface area (Å²) in [6, 6.07) is 3.64. The Morgan fingerprint density at radius 1 is 1.24 bits per heavy atom. The molecule has 1 aliphatic rings. The van der Waals surface area contributed by atoms with Crippen LogP contribution >= 0.6 is 0 Å². The Hall–Kier alpha value is -1.46. The first kappa shape index (κ1) is 15.9. The van der Waals surface area contributed by atoms with Crippen LogP contribution in [0.1, 0.15) is 26.3 Å². The predicted molar refractivity (Wildman–Crippen MR) is 83.5 cm³/mol. The lowest BCUT2D eigenvalue weighted by Gasteiger charge is -2.38. The second-order valence-corrected chi connectivity index (χ2v) is 6.80. The molecule has 0 aliphatic carbocycles. The predicted octanol–water partition coefficient (Wildman–Crippen LogP) is 1.10. The zero-order chi connectivity index (χ0) is 15.5. The van der Waals surface area contributed by atoms with Gasteiger partial charge in [-0.15, -0.1) is 0 Å². The van der Waals surface area contributed by atoms with Crippen molar-refractivity contribution in [2.75, 3.05) is 26.2 Å². The number of nitrogens with zero attached hydrogens (tertiary/aromatic N) is 3. The van der Waals surface area contributed by atoms with E-state index >= 15 is 0 Å². The molecule has 0 spiro atoms. The minimum atomic E-state index is -0.427. The molecule has 5 heteroatoms. The molecule has 0 radical (unpaired) electrons. The SMILES string of the molecule is CC(C)(C)[C@H](N)C(=O)N1CCN(Cc2ccncc2)CC1. The molecule has 1 aromatic heterocycles. The van der Waals surface area contributed by atoms with E-state index in [9.17, 15) is 4.79 Å². The molecule has 0 unspecified atom stereocenters. The zero-order valence-electron chi connectivity index (χ0n) is 13.2. The maximum Gasteiger partial charge on any atom is 0.240 e. The number of hydrogen-bond donors (Lipinski definition) is 1. The maximum atomic E-state index is 12.4. The maximum absolute atomic E-state index is 12.4. The lowest BCUT2D eigenvalue weighted by atomic mass is 9.86. The van der Waals surface area contributed by atoms with Crippen LogP contribution in [0.3, 0.4) is 0 Å². The number of carbonyl (C=O) groups excluding carboxylic acids is 1. The van der Waals surface area contributed by atoms with Crippen molar-refractivity contribution in [1.29, 1.82) is 0 Å². The van der Waals surface area contributed by atoms with Gasteiger partial charge >= 0.3 is 0 Å². The number of piperazine rings is 1. The summed E-state index contributed by atoms with van der Waals surface area (Å²) in [5, 5.41) is 0. The summed E-state index contributed by atoms with van der Waals surface area (Å²) in [4.78, 5) is 20.7. The van der Waals surface area contributed by atoms with Gasteiger partial charge in [-0.3, -0.25) is 14.7 Å². The zero-order valence-corrected chi connectivity index (χ0v) is 13.2. The van der Waals surface area contributed by atoms with Gasteiger partial charge in [0.25, 0.3) is 0 Å². The van der Waals surface area contributed by atoms with E-state index in [1.165, 1.54) is 5.56 Å². The summed E-state index contributed by atoms with van der Waals surface area (Å²) < 4.78 is 0. The van der Waals surface area contributed by atoms with Crippen LogP contribution in [-0.2, 0) is 11.3 Å². The summed E-state index contributed by atoms with van der Waals surface area (Å²) >= 11 is 0. The summed E-state index contributed by atoms with van der Waals surface area (Å²) in [6.07, 6.45) is 3.63. The van der Waals surface area contributed by atoms with E-state index in [1.54, 1.807) is 0 Å². The number of carbonyl (C=O) groups is 1. The Labute approximate surface area is 127 Å². The minimum Gasteiger partial charge on any atom is -0.339 e. The monoisotopic (exact) mass is 290 g/mol. The number of nitrogens with two attached hydrogens (primary N) is 1. The Kier molecular flexibility index (Phi) is 4.96. The van der Waals surface area contributed by atoms with Gasteiger partial charge < -0.3 is 10.6 Å². The average Bonchev–Trinajstić information content (AvgIpc) is 2.46. The van der Waals surface area contributed by atoms with Gasteiger partial charge in [0.05, 0.1) is 6.04 Å². The molecule has 1 aliphatic heterocycles. The fourth-order valence-electron chi connectivity index (χ4n) is 2.44. The summed E-state index contributed by atoms with van der Waals surface area (Å²) in [6.45, 7) is 10.2. The molecule has 0 aromatic carbocycles. The lowest BCUT2D eigenvalue weighted by molar-refractivity contribution is -0.136. The highest BCUT2D eigenvalue weighted by Crippen LogP contribution is 2.20. The van der Waals surface area contributed by atoms with Crippen molar-refractivity contribution in [3.05, 3.63) is 30.1 Å². The van der Waals surface area contributed by atoms with Gasteiger partial charge in [0, 0.05) is 45.1 Å². The van der Waals surface area contributed by atoms with Crippen molar-refractivity contribution in [3.8, 4) is 0 Å². The molecule has 1 amide bonds. The molecule has 2 N–H and O–H groups in total. The average molecular weight is 290 g/mol. The van der Waals surface area contributed by atoms with E-state index in [0.717, 1.165) is 32.7 Å². The Balaban J connectivity index is 1.84. The number of rotatable bonds is 3. The van der Waals surface area contributed by atoms with Gasteiger partial charge in [0.15, 0.2) is 0 Å². The number of amides is 1. The second-order valence-electron chi connectivity index (χ2n) is 6.80. The largest absolute Gasteiger partial charge is 0.339 e. The van der Waals surface area contributed by atoms with Crippen molar-refractivity contribution in [1.82, 2.24) is 14.8 Å². The molecule has 0 saturated carbocycles. The normalized spacial score (nSPS) is 18.6. The van der Waals surface area contributed by atoms with E-state index in [4.69, 9.17) is 5.73 Å². The van der Waals surface area contributed by atoms with Crippen LogP contribution in [0.4, 0.5) is 0 Å². The summed E-state index contributed by atoms with van der Waals surface area (Å²) in [5.41, 5.74) is 7.14. The van der Waals surface area contributed by atoms with Crippen LogP contribution in [0.15, 0.2) is 24.5 Å². The third-order valence-electron chi connectivity index (χ3n) is 4.04. The van der Waals surface area contributed by atoms with Crippen LogP contribution in [-0.4, -0.2) is 52.9 Å². The van der Waals surface area contributed by atoms with Crippen LogP contribution in [0, 0.1) is 5.41 Å². The topological polar surface area (TPSA) is 62.5 Å². The molecular formula is C16H26N4O. The Bertz CT molecular complexity index is 461. The molecule has 116 valence electrons. The molecule has 21 heavy (non-hydrogen) atoms. The van der Waals surface area contributed by atoms with Crippen molar-refractivity contribution < 1.29 is 4.79 Å². The van der Waals surface area contributed by atoms with Gasteiger partial charge in [0.2, 0.25) is 5.91 Å². The molecule has 1 saturated heterocycles. The van der Waals surface area contributed by atoms with Gasteiger partial charge in [0.1, 0.15) is 0 Å². The van der Waals surface area contributed by atoms with Crippen LogP contribution in [0.25, 0.3) is 0 Å². The van der Waals surface area contributed by atoms with Gasteiger partial charge in [-0.1, -0.05) is 20.8 Å². The van der Waals surface area contributed by atoms with Crippen LogP contribution in [0.5, 0.6) is 0 Å². The molecular weight excluding hydrogens is 264 g/mol. The van der Waals surface area contributed by atoms with E-state index < -0.39 is 6.04 Å². The standard InChI is InChI=1S/C16H26N4O/c1-16(2,3)14(17)15(21)20-10-8-19(9-11-20)12-13-4-6-18-7-5-13/h4-7,14H,8-12,17H2,1-3H3/t14-/m1/s1. The van der Waals surface area contributed by atoms with E-state index in [1.807, 2.05) is 50.2 Å². The number of aromatic nitrogens is 1. The highest BCUT2D eigenvalue weighted by atomic mass is 16.2. The third kappa shape index (κ3) is 4.25. The van der Waals surface area contributed by atoms with Crippen molar-refractivity contribution in [3.63, 3.8) is 0 Å². The second kappa shape index (κ2) is 6.54. The highest BCUT2D eigenvalue weighted by Gasteiger charge is 2.32. The first-order valence-corrected chi connectivity index (χ1v) is 7.53. The van der Waals surface area contributed by atoms with E-state index in [2.05, 4.69) is 9.88 Å². The Morgan fingerprint density at radius 3 is 2.33 bits per heavy atom. The first-order valence-electron chi connectivity index (χ1n) is 7.53. The molecule has 1 fully saturated rings. The fourth-order valence-corrected chi connectivity index (χ4v) is 2.44. The molecule has 5 nitrogen and oxygen atoms in total. The van der Waals surface area contributed by atoms with Crippen LogP contribution < -0.4 is 5.73 Å². The highest BCUT2D eigenvalue weighted by molar-refractivity contribution is 5.82. The van der Waals surface area contributed by atoms with Gasteiger partial charge in [-0.25, -0.2) is 0 Å². The number of hydrogen-bond acceptors (Lipinski definition) is 4. The van der Waals surface area contributed by atoms with Crippen molar-refractivity contribution in [2.24, 2.45) is 11.1 Å². The number of pyridine rings is 1. The van der Waals surface area contributed by atoms with Gasteiger partial charge in [-0.05, 0) is 23.1 Å². The lowest BCUT2D eigenvalue weighted by Crippen LogP contribution is -2.56. The molecule has 1 aromatic rings. The smallest absolute Gasteiger partial charge is 0.240 e. The molecule has 2 heterocycles. The third-order valence-corrected chi connectivity index (χ3v) is 4.04. The van der Waals surface area contributed by atoms with Crippen molar-refractivity contribution >= 4 is 5.91 Å². The quantitative estimate of drug-likeness (QED) is 0.905. The first-order chi connectivity index (χ1) is 9.88. The minimum absolute atomic E-state index is 0.0751. The summed E-state index contributed by atoms with van der Waals surface area (Å²) in [5.74, 6) is 0.0751. The van der Waals surface area contributed by atoms with Crippen LogP contribution in [0.2, 0.25) is 0 Å². The molecule has 0 bridgehead atoms. The fraction of sp³-hybridized carbons (Fsp3) is 0.625. The summed E-state index contributed by atoms with van der Waals surface area (Å²) in [7, 11) is 0. The molecule has 1 atom stereocenters. The van der Waals surface area contributed by atoms with Gasteiger partial charge in [-0.2, -0.15) is 0 Å². The van der Waals surface area contributed by atoms with Crippen molar-refractivity contribution in [2.45, 2.75) is 33.4 Å². The Morgan fingerprint density at radius 2 is 1.81 bits per heavy atom.